The largest absolute Gasteiger partial charge is 0.452 e. The van der Waals surface area contributed by atoms with Crippen molar-refractivity contribution in [2.75, 3.05) is 23.5 Å². The van der Waals surface area contributed by atoms with E-state index in [1.807, 2.05) is 11.9 Å². The van der Waals surface area contributed by atoms with Gasteiger partial charge in [-0.3, -0.25) is 9.80 Å². The summed E-state index contributed by atoms with van der Waals surface area (Å²) < 4.78 is 5.86. The highest BCUT2D eigenvalue weighted by molar-refractivity contribution is 9.10. The van der Waals surface area contributed by atoms with Crippen molar-refractivity contribution in [3.63, 3.8) is 0 Å². The van der Waals surface area contributed by atoms with Gasteiger partial charge in [0.25, 0.3) is 5.91 Å². The quantitative estimate of drug-likeness (QED) is 0.682. The first-order valence-corrected chi connectivity index (χ1v) is 9.43. The number of nitrogens with one attached hydrogen (secondary N) is 1. The Morgan fingerprint density at radius 1 is 1.26 bits per heavy atom. The lowest BCUT2D eigenvalue weighted by atomic mass is 10.2. The number of ether oxygens (including phenoxy) is 1. The van der Waals surface area contributed by atoms with E-state index in [1.165, 1.54) is 0 Å². The van der Waals surface area contributed by atoms with Crippen LogP contribution >= 0.6 is 27.5 Å². The minimum Gasteiger partial charge on any atom is -0.452 e. The number of hydrogen-bond donors (Lipinski definition) is 1. The van der Waals surface area contributed by atoms with Gasteiger partial charge in [0.1, 0.15) is 0 Å². The molecule has 0 saturated heterocycles. The molecule has 6 nitrogen and oxygen atoms in total. The van der Waals surface area contributed by atoms with Gasteiger partial charge in [-0.15, -0.1) is 0 Å². The molecule has 2 aromatic carbocycles. The van der Waals surface area contributed by atoms with E-state index in [4.69, 9.17) is 16.3 Å². The molecule has 0 atom stereocenters. The number of rotatable bonds is 5. The molecule has 0 saturated carbocycles. The van der Waals surface area contributed by atoms with Gasteiger partial charge in [-0.2, -0.15) is 5.10 Å². The SMILES string of the molecule is CC1=NN(c2ccc(C(=O)OCC(=O)Nc3ccc(Br)cc3Cl)cc2)CC1. The number of halogens is 2. The Kier molecular flexibility index (Phi) is 6.13. The average molecular weight is 451 g/mol. The molecule has 27 heavy (non-hydrogen) atoms. The van der Waals surface area contributed by atoms with Crippen molar-refractivity contribution in [3.05, 3.63) is 57.5 Å². The Morgan fingerprint density at radius 2 is 2.00 bits per heavy atom. The van der Waals surface area contributed by atoms with Crippen LogP contribution in [0.2, 0.25) is 5.02 Å². The highest BCUT2D eigenvalue weighted by Crippen LogP contribution is 2.25. The predicted octanol–water partition coefficient (Wildman–Crippen LogP) is 4.48. The van der Waals surface area contributed by atoms with Crippen LogP contribution in [0.4, 0.5) is 11.4 Å². The van der Waals surface area contributed by atoms with E-state index in [2.05, 4.69) is 26.3 Å². The second-order valence-electron chi connectivity index (χ2n) is 6.00. The van der Waals surface area contributed by atoms with E-state index in [0.717, 1.165) is 28.8 Å². The molecule has 1 aliphatic rings. The molecule has 0 fully saturated rings. The van der Waals surface area contributed by atoms with E-state index in [-0.39, 0.29) is 0 Å². The average Bonchev–Trinajstić information content (AvgIpc) is 3.08. The first-order chi connectivity index (χ1) is 12.9. The third-order valence-electron chi connectivity index (χ3n) is 3.92. The Balaban J connectivity index is 1.53. The van der Waals surface area contributed by atoms with Crippen molar-refractivity contribution < 1.29 is 14.3 Å². The molecule has 8 heteroatoms. The third-order valence-corrected chi connectivity index (χ3v) is 4.72. The maximum atomic E-state index is 12.1. The lowest BCUT2D eigenvalue weighted by molar-refractivity contribution is -0.119. The van der Waals surface area contributed by atoms with E-state index in [0.29, 0.717) is 16.3 Å². The summed E-state index contributed by atoms with van der Waals surface area (Å²) in [6.07, 6.45) is 0.932. The molecule has 1 amide bonds. The number of hydrazone groups is 1. The molecule has 0 unspecified atom stereocenters. The fraction of sp³-hybridized carbons (Fsp3) is 0.211. The van der Waals surface area contributed by atoms with Crippen molar-refractivity contribution in [1.29, 1.82) is 0 Å². The van der Waals surface area contributed by atoms with Gasteiger partial charge in [-0.25, -0.2) is 4.79 Å². The van der Waals surface area contributed by atoms with Crippen molar-refractivity contribution in [2.45, 2.75) is 13.3 Å². The number of esters is 1. The van der Waals surface area contributed by atoms with E-state index < -0.39 is 18.5 Å². The van der Waals surface area contributed by atoms with E-state index in [1.54, 1.807) is 42.5 Å². The van der Waals surface area contributed by atoms with E-state index >= 15 is 0 Å². The van der Waals surface area contributed by atoms with Gasteiger partial charge in [0.15, 0.2) is 6.61 Å². The zero-order valence-corrected chi connectivity index (χ0v) is 16.9. The maximum absolute atomic E-state index is 12.1. The second kappa shape index (κ2) is 8.54. The molecule has 0 aromatic heterocycles. The summed E-state index contributed by atoms with van der Waals surface area (Å²) in [7, 11) is 0. The van der Waals surface area contributed by atoms with Crippen LogP contribution in [0.1, 0.15) is 23.7 Å². The van der Waals surface area contributed by atoms with Crippen LogP contribution in [0, 0.1) is 0 Å². The van der Waals surface area contributed by atoms with Crippen LogP contribution in [0.5, 0.6) is 0 Å². The van der Waals surface area contributed by atoms with Crippen molar-refractivity contribution >= 4 is 56.5 Å². The van der Waals surface area contributed by atoms with Crippen molar-refractivity contribution in [3.8, 4) is 0 Å². The van der Waals surface area contributed by atoms with Crippen molar-refractivity contribution in [1.82, 2.24) is 0 Å². The molecule has 1 aliphatic heterocycles. The van der Waals surface area contributed by atoms with Crippen LogP contribution in [0.15, 0.2) is 52.0 Å². The topological polar surface area (TPSA) is 71.0 Å². The first kappa shape index (κ1) is 19.4. The highest BCUT2D eigenvalue weighted by Gasteiger charge is 2.15. The zero-order chi connectivity index (χ0) is 19.4. The van der Waals surface area contributed by atoms with Gasteiger partial charge < -0.3 is 10.1 Å². The third kappa shape index (κ3) is 5.08. The fourth-order valence-corrected chi connectivity index (χ4v) is 3.24. The number of hydrogen-bond acceptors (Lipinski definition) is 5. The Bertz CT molecular complexity index is 900. The van der Waals surface area contributed by atoms with Crippen LogP contribution in [0.3, 0.4) is 0 Å². The summed E-state index contributed by atoms with van der Waals surface area (Å²) in [6.45, 7) is 2.41. The molecule has 1 heterocycles. The Labute approximate surface area is 170 Å². The van der Waals surface area contributed by atoms with Crippen LogP contribution in [-0.2, 0) is 9.53 Å². The lowest BCUT2D eigenvalue weighted by Gasteiger charge is -2.13. The summed E-state index contributed by atoms with van der Waals surface area (Å²) in [5, 5.41) is 9.29. The molecule has 1 N–H and O–H groups in total. The molecule has 140 valence electrons. The molecule has 0 spiro atoms. The summed E-state index contributed by atoms with van der Waals surface area (Å²) in [5.74, 6) is -1.04. The van der Waals surface area contributed by atoms with Crippen LogP contribution in [-0.4, -0.2) is 30.7 Å². The summed E-state index contributed by atoms with van der Waals surface area (Å²) >= 11 is 9.34. The standard InChI is InChI=1S/C19H17BrClN3O3/c1-12-8-9-24(23-12)15-5-2-13(3-6-15)19(26)27-11-18(25)22-17-7-4-14(20)10-16(17)21/h2-7,10H,8-9,11H2,1H3,(H,22,25). The van der Waals surface area contributed by atoms with Gasteiger partial charge in [-0.05, 0) is 49.4 Å². The van der Waals surface area contributed by atoms with Crippen molar-refractivity contribution in [2.24, 2.45) is 5.10 Å². The van der Waals surface area contributed by atoms with Gasteiger partial charge in [0.05, 0.1) is 22.0 Å². The lowest BCUT2D eigenvalue weighted by Crippen LogP contribution is -2.21. The summed E-state index contributed by atoms with van der Waals surface area (Å²) in [5.41, 5.74) is 2.81. The minimum atomic E-state index is -0.570. The summed E-state index contributed by atoms with van der Waals surface area (Å²) in [6, 6.07) is 12.0. The van der Waals surface area contributed by atoms with E-state index in [9.17, 15) is 9.59 Å². The smallest absolute Gasteiger partial charge is 0.338 e. The number of benzene rings is 2. The minimum absolute atomic E-state index is 0.369. The molecule has 0 radical (unpaired) electrons. The molecular formula is C19H17BrClN3O3. The zero-order valence-electron chi connectivity index (χ0n) is 14.5. The van der Waals surface area contributed by atoms with Crippen LogP contribution in [0.25, 0.3) is 0 Å². The molecule has 2 aromatic rings. The molecule has 0 bridgehead atoms. The second-order valence-corrected chi connectivity index (χ2v) is 7.33. The maximum Gasteiger partial charge on any atom is 0.338 e. The summed E-state index contributed by atoms with van der Waals surface area (Å²) in [4.78, 5) is 24.1. The number of amides is 1. The predicted molar refractivity (Wildman–Crippen MR) is 110 cm³/mol. The van der Waals surface area contributed by atoms with Gasteiger partial charge in [-0.1, -0.05) is 27.5 Å². The highest BCUT2D eigenvalue weighted by atomic mass is 79.9. The number of anilines is 2. The Hall–Kier alpha value is -2.38. The molecule has 3 rings (SSSR count). The van der Waals surface area contributed by atoms with Gasteiger partial charge >= 0.3 is 5.97 Å². The fourth-order valence-electron chi connectivity index (χ4n) is 2.52. The normalized spacial score (nSPS) is 13.3. The van der Waals surface area contributed by atoms with Gasteiger partial charge in [0.2, 0.25) is 0 Å². The number of carbonyl (C=O) groups excluding carboxylic acids is 2. The van der Waals surface area contributed by atoms with Gasteiger partial charge in [0, 0.05) is 23.1 Å². The number of nitrogens with zero attached hydrogens (tertiary/aromatic N) is 2. The number of carbonyl (C=O) groups is 2. The van der Waals surface area contributed by atoms with Crippen LogP contribution < -0.4 is 10.3 Å². The molecule has 0 aliphatic carbocycles. The molecular weight excluding hydrogens is 434 g/mol. The Morgan fingerprint density at radius 3 is 2.63 bits per heavy atom. The monoisotopic (exact) mass is 449 g/mol. The first-order valence-electron chi connectivity index (χ1n) is 8.26.